The lowest BCUT2D eigenvalue weighted by atomic mass is 10.0. The molecule has 2 unspecified atom stereocenters. The minimum atomic E-state index is -0.369. The molecule has 1 N–H and O–H groups in total. The molecule has 2 rings (SSSR count). The second-order valence-electron chi connectivity index (χ2n) is 4.60. The maximum Gasteiger partial charge on any atom is 0.245 e. The average molecular weight is 281 g/mol. The number of amides is 2. The number of carbonyl (C=O) groups is 2. The average Bonchev–Trinajstić information content (AvgIpc) is 2.92. The quantitative estimate of drug-likeness (QED) is 0.882. The van der Waals surface area contributed by atoms with Gasteiger partial charge < -0.3 is 10.2 Å². The number of carbonyl (C=O) groups excluding carboxylic acids is 2. The highest BCUT2D eigenvalue weighted by Crippen LogP contribution is 2.16. The standard InChI is InChI=1S/C13H19N3O2S/c1-3-9-13(18)16(10(4-2)12(17)15-9)7-5-11-14-6-8-19-11/h6,8-10H,3-5,7H2,1-2H3,(H,15,17). The fourth-order valence-electron chi connectivity index (χ4n) is 2.37. The van der Waals surface area contributed by atoms with Gasteiger partial charge in [0.15, 0.2) is 0 Å². The fourth-order valence-corrected chi connectivity index (χ4v) is 2.98. The number of aromatic nitrogens is 1. The molecule has 0 aromatic carbocycles. The van der Waals surface area contributed by atoms with Crippen LogP contribution in [-0.2, 0) is 16.0 Å². The summed E-state index contributed by atoms with van der Waals surface area (Å²) in [6.45, 7) is 4.41. The minimum absolute atomic E-state index is 0.0329. The van der Waals surface area contributed by atoms with E-state index in [9.17, 15) is 9.59 Å². The highest BCUT2D eigenvalue weighted by Gasteiger charge is 2.38. The summed E-state index contributed by atoms with van der Waals surface area (Å²) in [6, 6.07) is -0.707. The lowest BCUT2D eigenvalue weighted by molar-refractivity contribution is -0.149. The molecule has 1 aliphatic heterocycles. The monoisotopic (exact) mass is 281 g/mol. The van der Waals surface area contributed by atoms with Crippen LogP contribution >= 0.6 is 11.3 Å². The number of hydrogen-bond donors (Lipinski definition) is 1. The SMILES string of the molecule is CCC1NC(=O)C(CC)N(CCc2nccs2)C1=O. The van der Waals surface area contributed by atoms with Gasteiger partial charge in [-0.2, -0.15) is 0 Å². The Bertz CT molecular complexity index is 447. The first-order valence-electron chi connectivity index (χ1n) is 6.66. The summed E-state index contributed by atoms with van der Waals surface area (Å²) in [6.07, 6.45) is 3.75. The van der Waals surface area contributed by atoms with Gasteiger partial charge in [0.1, 0.15) is 12.1 Å². The molecule has 5 nitrogen and oxygen atoms in total. The Kier molecular flexibility index (Phi) is 4.52. The summed E-state index contributed by atoms with van der Waals surface area (Å²) in [5.74, 6) is -0.00130. The van der Waals surface area contributed by atoms with Crippen LogP contribution in [0, 0.1) is 0 Å². The zero-order valence-electron chi connectivity index (χ0n) is 11.3. The van der Waals surface area contributed by atoms with E-state index in [1.807, 2.05) is 19.2 Å². The maximum absolute atomic E-state index is 12.3. The third kappa shape index (κ3) is 2.94. The normalized spacial score (nSPS) is 23.6. The molecular formula is C13H19N3O2S. The van der Waals surface area contributed by atoms with E-state index in [1.165, 1.54) is 0 Å². The molecule has 1 aromatic heterocycles. The van der Waals surface area contributed by atoms with Gasteiger partial charge in [-0.05, 0) is 12.8 Å². The highest BCUT2D eigenvalue weighted by atomic mass is 32.1. The van der Waals surface area contributed by atoms with Gasteiger partial charge in [-0.1, -0.05) is 13.8 Å². The van der Waals surface area contributed by atoms with E-state index in [-0.39, 0.29) is 23.9 Å². The summed E-state index contributed by atoms with van der Waals surface area (Å²) in [5.41, 5.74) is 0. The Labute approximate surface area is 117 Å². The van der Waals surface area contributed by atoms with E-state index in [4.69, 9.17) is 0 Å². The number of thiazole rings is 1. The number of piperazine rings is 1. The second-order valence-corrected chi connectivity index (χ2v) is 5.58. The Hall–Kier alpha value is -1.43. The number of nitrogens with one attached hydrogen (secondary N) is 1. The van der Waals surface area contributed by atoms with Gasteiger partial charge in [0, 0.05) is 24.5 Å². The Morgan fingerprint density at radius 1 is 1.37 bits per heavy atom. The molecule has 0 aliphatic carbocycles. The van der Waals surface area contributed by atoms with E-state index in [0.29, 0.717) is 25.8 Å². The molecule has 0 bridgehead atoms. The molecule has 2 heterocycles. The number of nitrogens with zero attached hydrogens (tertiary/aromatic N) is 2. The van der Waals surface area contributed by atoms with Crippen molar-refractivity contribution in [3.8, 4) is 0 Å². The predicted octanol–water partition coefficient (Wildman–Crippen LogP) is 1.20. The fraction of sp³-hybridized carbons (Fsp3) is 0.615. The van der Waals surface area contributed by atoms with Crippen molar-refractivity contribution in [2.45, 2.75) is 45.2 Å². The first kappa shape index (κ1) is 14.0. The highest BCUT2D eigenvalue weighted by molar-refractivity contribution is 7.09. The summed E-state index contributed by atoms with van der Waals surface area (Å²) < 4.78 is 0. The van der Waals surface area contributed by atoms with Crippen LogP contribution in [0.3, 0.4) is 0 Å². The van der Waals surface area contributed by atoms with E-state index < -0.39 is 0 Å². The second kappa shape index (κ2) is 6.14. The van der Waals surface area contributed by atoms with Crippen molar-refractivity contribution in [1.82, 2.24) is 15.2 Å². The summed E-state index contributed by atoms with van der Waals surface area (Å²) in [4.78, 5) is 30.3. The predicted molar refractivity (Wildman–Crippen MR) is 73.8 cm³/mol. The van der Waals surface area contributed by atoms with Crippen molar-refractivity contribution in [2.24, 2.45) is 0 Å². The molecule has 19 heavy (non-hydrogen) atoms. The van der Waals surface area contributed by atoms with Crippen LogP contribution in [0.2, 0.25) is 0 Å². The van der Waals surface area contributed by atoms with Gasteiger partial charge >= 0.3 is 0 Å². The van der Waals surface area contributed by atoms with E-state index in [1.54, 1.807) is 22.4 Å². The third-order valence-electron chi connectivity index (χ3n) is 3.42. The first-order chi connectivity index (χ1) is 9.17. The molecule has 2 atom stereocenters. The van der Waals surface area contributed by atoms with Crippen LogP contribution in [0.5, 0.6) is 0 Å². The van der Waals surface area contributed by atoms with Crippen molar-refractivity contribution in [3.05, 3.63) is 16.6 Å². The topological polar surface area (TPSA) is 62.3 Å². The first-order valence-corrected chi connectivity index (χ1v) is 7.54. The van der Waals surface area contributed by atoms with Gasteiger partial charge in [-0.3, -0.25) is 9.59 Å². The van der Waals surface area contributed by atoms with Gasteiger partial charge in [0.25, 0.3) is 0 Å². The molecule has 1 saturated heterocycles. The third-order valence-corrected chi connectivity index (χ3v) is 4.26. The molecular weight excluding hydrogens is 262 g/mol. The molecule has 0 saturated carbocycles. The van der Waals surface area contributed by atoms with Crippen molar-refractivity contribution in [2.75, 3.05) is 6.54 Å². The molecule has 2 amide bonds. The Morgan fingerprint density at radius 3 is 2.74 bits per heavy atom. The van der Waals surface area contributed by atoms with E-state index in [2.05, 4.69) is 10.3 Å². The van der Waals surface area contributed by atoms with Gasteiger partial charge in [-0.25, -0.2) is 4.98 Å². The Balaban J connectivity index is 2.08. The molecule has 0 radical (unpaired) electrons. The lowest BCUT2D eigenvalue weighted by Gasteiger charge is -2.38. The van der Waals surface area contributed by atoms with Crippen LogP contribution in [0.25, 0.3) is 0 Å². The smallest absolute Gasteiger partial charge is 0.245 e. The van der Waals surface area contributed by atoms with Crippen molar-refractivity contribution in [3.63, 3.8) is 0 Å². The van der Waals surface area contributed by atoms with E-state index in [0.717, 1.165) is 5.01 Å². The van der Waals surface area contributed by atoms with Gasteiger partial charge in [0.2, 0.25) is 11.8 Å². The molecule has 1 fully saturated rings. The Morgan fingerprint density at radius 2 is 2.16 bits per heavy atom. The lowest BCUT2D eigenvalue weighted by Crippen LogP contribution is -2.63. The summed E-state index contributed by atoms with van der Waals surface area (Å²) >= 11 is 1.58. The molecule has 1 aromatic rings. The van der Waals surface area contributed by atoms with Crippen LogP contribution in [0.4, 0.5) is 0 Å². The zero-order valence-corrected chi connectivity index (χ0v) is 12.1. The molecule has 104 valence electrons. The van der Waals surface area contributed by atoms with Crippen LogP contribution in [0.1, 0.15) is 31.7 Å². The minimum Gasteiger partial charge on any atom is -0.343 e. The van der Waals surface area contributed by atoms with Crippen molar-refractivity contribution < 1.29 is 9.59 Å². The number of hydrogen-bond acceptors (Lipinski definition) is 4. The molecule has 6 heteroatoms. The van der Waals surface area contributed by atoms with Crippen LogP contribution < -0.4 is 5.32 Å². The maximum atomic E-state index is 12.3. The van der Waals surface area contributed by atoms with Crippen molar-refractivity contribution in [1.29, 1.82) is 0 Å². The van der Waals surface area contributed by atoms with Gasteiger partial charge in [0.05, 0.1) is 5.01 Å². The van der Waals surface area contributed by atoms with Crippen molar-refractivity contribution >= 4 is 23.2 Å². The van der Waals surface area contributed by atoms with E-state index >= 15 is 0 Å². The molecule has 1 aliphatic rings. The van der Waals surface area contributed by atoms with Crippen LogP contribution in [0.15, 0.2) is 11.6 Å². The largest absolute Gasteiger partial charge is 0.343 e. The number of rotatable bonds is 5. The summed E-state index contributed by atoms with van der Waals surface area (Å²) in [7, 11) is 0. The van der Waals surface area contributed by atoms with Gasteiger partial charge in [-0.15, -0.1) is 11.3 Å². The molecule has 0 spiro atoms. The summed E-state index contributed by atoms with van der Waals surface area (Å²) in [5, 5.41) is 5.72. The zero-order chi connectivity index (χ0) is 13.8. The van der Waals surface area contributed by atoms with Crippen LogP contribution in [-0.4, -0.2) is 40.3 Å².